The lowest BCUT2D eigenvalue weighted by atomic mass is 10.2. The Morgan fingerprint density at radius 3 is 1.89 bits per heavy atom. The van der Waals surface area contributed by atoms with E-state index in [4.69, 9.17) is 4.74 Å². The van der Waals surface area contributed by atoms with Crippen molar-refractivity contribution in [1.82, 2.24) is 0 Å². The van der Waals surface area contributed by atoms with E-state index in [0.717, 1.165) is 0 Å². The minimum absolute atomic E-state index is 0.195. The van der Waals surface area contributed by atoms with E-state index >= 15 is 0 Å². The third kappa shape index (κ3) is 6.24. The van der Waals surface area contributed by atoms with Crippen molar-refractivity contribution in [2.75, 3.05) is 16.0 Å². The molecule has 8 heteroatoms. The van der Waals surface area contributed by atoms with E-state index in [1.54, 1.807) is 36.4 Å². The molecule has 0 spiro atoms. The van der Waals surface area contributed by atoms with Gasteiger partial charge in [0.05, 0.1) is 5.56 Å². The molecule has 0 saturated carbocycles. The van der Waals surface area contributed by atoms with E-state index < -0.39 is 18.0 Å². The van der Waals surface area contributed by atoms with E-state index in [-0.39, 0.29) is 17.4 Å². The molecule has 28 heavy (non-hydrogen) atoms. The first-order valence-corrected chi connectivity index (χ1v) is 8.52. The molecule has 8 nitrogen and oxygen atoms in total. The number of carbonyl (C=O) groups is 4. The van der Waals surface area contributed by atoms with Gasteiger partial charge < -0.3 is 20.7 Å². The van der Waals surface area contributed by atoms with Gasteiger partial charge in [-0.15, -0.1) is 0 Å². The second kappa shape index (κ2) is 9.31. The lowest BCUT2D eigenvalue weighted by molar-refractivity contribution is -0.123. The van der Waals surface area contributed by atoms with Gasteiger partial charge in [0.25, 0.3) is 5.91 Å². The Morgan fingerprint density at radius 2 is 1.32 bits per heavy atom. The van der Waals surface area contributed by atoms with Crippen LogP contribution in [0.5, 0.6) is 0 Å². The maximum Gasteiger partial charge on any atom is 0.338 e. The number of anilines is 3. The summed E-state index contributed by atoms with van der Waals surface area (Å²) < 4.78 is 5.19. The number of hydrogen-bond acceptors (Lipinski definition) is 5. The van der Waals surface area contributed by atoms with E-state index in [2.05, 4.69) is 16.0 Å². The highest BCUT2D eigenvalue weighted by Gasteiger charge is 2.19. The predicted octanol–water partition coefficient (Wildman–Crippen LogP) is 2.79. The zero-order chi connectivity index (χ0) is 20.7. The van der Waals surface area contributed by atoms with Gasteiger partial charge in [-0.3, -0.25) is 14.4 Å². The van der Waals surface area contributed by atoms with Crippen LogP contribution in [0.4, 0.5) is 17.1 Å². The molecule has 0 heterocycles. The van der Waals surface area contributed by atoms with E-state index in [1.165, 1.54) is 32.9 Å². The second-order valence-electron chi connectivity index (χ2n) is 6.06. The van der Waals surface area contributed by atoms with Crippen LogP contribution >= 0.6 is 0 Å². The zero-order valence-electron chi connectivity index (χ0n) is 15.7. The van der Waals surface area contributed by atoms with Gasteiger partial charge in [-0.25, -0.2) is 4.79 Å². The first kappa shape index (κ1) is 20.6. The van der Waals surface area contributed by atoms with E-state index in [0.29, 0.717) is 17.1 Å². The Bertz CT molecular complexity index is 893. The average Bonchev–Trinajstić information content (AvgIpc) is 2.62. The van der Waals surface area contributed by atoms with Crippen molar-refractivity contribution in [3.8, 4) is 0 Å². The molecule has 0 aromatic heterocycles. The Labute approximate surface area is 162 Å². The van der Waals surface area contributed by atoms with Gasteiger partial charge >= 0.3 is 5.97 Å². The molecule has 0 bridgehead atoms. The molecule has 0 radical (unpaired) electrons. The highest BCUT2D eigenvalue weighted by Crippen LogP contribution is 2.15. The largest absolute Gasteiger partial charge is 0.449 e. The molecule has 0 aliphatic heterocycles. The summed E-state index contributed by atoms with van der Waals surface area (Å²) in [6.07, 6.45) is -1.04. The molecule has 3 N–H and O–H groups in total. The highest BCUT2D eigenvalue weighted by molar-refractivity contribution is 5.98. The van der Waals surface area contributed by atoms with Crippen LogP contribution in [0.3, 0.4) is 0 Å². The highest BCUT2D eigenvalue weighted by atomic mass is 16.5. The first-order chi connectivity index (χ1) is 13.2. The topological polar surface area (TPSA) is 114 Å². The van der Waals surface area contributed by atoms with E-state index in [9.17, 15) is 19.2 Å². The number of hydrogen-bond donors (Lipinski definition) is 3. The molecule has 3 amide bonds. The van der Waals surface area contributed by atoms with Crippen LogP contribution in [0.15, 0.2) is 48.5 Å². The molecule has 0 fully saturated rings. The molecular weight excluding hydrogens is 362 g/mol. The van der Waals surface area contributed by atoms with Gasteiger partial charge in [0.2, 0.25) is 11.8 Å². The van der Waals surface area contributed by atoms with Crippen molar-refractivity contribution in [3.05, 3.63) is 54.1 Å². The number of benzene rings is 2. The maximum absolute atomic E-state index is 12.2. The van der Waals surface area contributed by atoms with Crippen molar-refractivity contribution >= 4 is 40.8 Å². The third-order valence-electron chi connectivity index (χ3n) is 3.54. The van der Waals surface area contributed by atoms with Crippen molar-refractivity contribution in [2.24, 2.45) is 0 Å². The van der Waals surface area contributed by atoms with Crippen LogP contribution < -0.4 is 16.0 Å². The summed E-state index contributed by atoms with van der Waals surface area (Å²) in [5.41, 5.74) is 1.77. The lowest BCUT2D eigenvalue weighted by Crippen LogP contribution is -2.30. The van der Waals surface area contributed by atoms with Gasteiger partial charge in [-0.1, -0.05) is 6.07 Å². The minimum atomic E-state index is -1.04. The van der Waals surface area contributed by atoms with Crippen LogP contribution in [-0.4, -0.2) is 29.8 Å². The minimum Gasteiger partial charge on any atom is -0.449 e. The lowest BCUT2D eigenvalue weighted by Gasteiger charge is -2.14. The standard InChI is InChI=1S/C20H21N3O5/c1-12(19(26)23-17-9-7-16(8-10-17)21-13(2)24)28-20(27)15-5-4-6-18(11-15)22-14(3)25/h4-12H,1-3H3,(H,21,24)(H,22,25)(H,23,26)/t12-/m0/s1. The summed E-state index contributed by atoms with van der Waals surface area (Å²) >= 11 is 0. The number of ether oxygens (including phenoxy) is 1. The van der Waals surface area contributed by atoms with Crippen LogP contribution in [0, 0.1) is 0 Å². The summed E-state index contributed by atoms with van der Waals surface area (Å²) in [6, 6.07) is 12.8. The molecule has 2 aromatic carbocycles. The van der Waals surface area contributed by atoms with Crippen molar-refractivity contribution in [2.45, 2.75) is 26.9 Å². The molecule has 2 aromatic rings. The fourth-order valence-corrected chi connectivity index (χ4v) is 2.29. The summed E-state index contributed by atoms with van der Waals surface area (Å²) in [5, 5.41) is 7.82. The van der Waals surface area contributed by atoms with Crippen LogP contribution in [0.2, 0.25) is 0 Å². The molecule has 2 rings (SSSR count). The number of carbonyl (C=O) groups excluding carboxylic acids is 4. The number of nitrogens with one attached hydrogen (secondary N) is 3. The van der Waals surface area contributed by atoms with E-state index in [1.807, 2.05) is 0 Å². The third-order valence-corrected chi connectivity index (χ3v) is 3.54. The SMILES string of the molecule is CC(=O)Nc1ccc(NC(=O)[C@H](C)OC(=O)c2cccc(NC(C)=O)c2)cc1. The summed E-state index contributed by atoms with van der Waals surface area (Å²) in [5.74, 6) is -1.64. The Morgan fingerprint density at radius 1 is 0.786 bits per heavy atom. The summed E-state index contributed by atoms with van der Waals surface area (Å²) in [4.78, 5) is 46.6. The number of amides is 3. The molecule has 0 unspecified atom stereocenters. The number of esters is 1. The molecule has 0 aliphatic carbocycles. The molecule has 0 aliphatic rings. The quantitative estimate of drug-likeness (QED) is 0.664. The van der Waals surface area contributed by atoms with Crippen LogP contribution in [-0.2, 0) is 19.1 Å². The van der Waals surface area contributed by atoms with Crippen LogP contribution in [0.1, 0.15) is 31.1 Å². The van der Waals surface area contributed by atoms with Crippen molar-refractivity contribution in [1.29, 1.82) is 0 Å². The first-order valence-electron chi connectivity index (χ1n) is 8.52. The summed E-state index contributed by atoms with van der Waals surface area (Å²) in [7, 11) is 0. The fraction of sp³-hybridized carbons (Fsp3) is 0.200. The van der Waals surface area contributed by atoms with Gasteiger partial charge in [0.1, 0.15) is 0 Å². The van der Waals surface area contributed by atoms with Gasteiger partial charge in [-0.05, 0) is 49.4 Å². The normalized spacial score (nSPS) is 11.1. The fourth-order valence-electron chi connectivity index (χ4n) is 2.29. The predicted molar refractivity (Wildman–Crippen MR) is 105 cm³/mol. The Hall–Kier alpha value is -3.68. The smallest absolute Gasteiger partial charge is 0.338 e. The Balaban J connectivity index is 1.95. The zero-order valence-corrected chi connectivity index (χ0v) is 15.7. The van der Waals surface area contributed by atoms with Crippen molar-refractivity contribution < 1.29 is 23.9 Å². The van der Waals surface area contributed by atoms with Crippen LogP contribution in [0.25, 0.3) is 0 Å². The molecule has 0 saturated heterocycles. The van der Waals surface area contributed by atoms with Crippen molar-refractivity contribution in [3.63, 3.8) is 0 Å². The van der Waals surface area contributed by atoms with Gasteiger partial charge in [0, 0.05) is 30.9 Å². The molecule has 1 atom stereocenters. The maximum atomic E-state index is 12.2. The van der Waals surface area contributed by atoms with Gasteiger partial charge in [0.15, 0.2) is 6.10 Å². The van der Waals surface area contributed by atoms with Gasteiger partial charge in [-0.2, -0.15) is 0 Å². The molecule has 146 valence electrons. The second-order valence-corrected chi connectivity index (χ2v) is 6.06. The Kier molecular flexibility index (Phi) is 6.86. The average molecular weight is 383 g/mol. The summed E-state index contributed by atoms with van der Waals surface area (Å²) in [6.45, 7) is 4.22. The molecular formula is C20H21N3O5. The monoisotopic (exact) mass is 383 g/mol. The number of rotatable bonds is 6.